The summed E-state index contributed by atoms with van der Waals surface area (Å²) in [6, 6.07) is 18.7. The highest BCUT2D eigenvalue weighted by Crippen LogP contribution is 2.35. The molecule has 0 radical (unpaired) electrons. The van der Waals surface area contributed by atoms with E-state index in [1.165, 1.54) is 46.4 Å². The lowest BCUT2D eigenvalue weighted by molar-refractivity contribution is 0.172. The van der Waals surface area contributed by atoms with E-state index in [-0.39, 0.29) is 30.4 Å². The van der Waals surface area contributed by atoms with Crippen molar-refractivity contribution in [3.8, 4) is 11.5 Å². The van der Waals surface area contributed by atoms with E-state index in [0.29, 0.717) is 18.7 Å². The maximum atomic E-state index is 12.0. The Kier molecular flexibility index (Phi) is 8.81. The predicted octanol–water partition coefficient (Wildman–Crippen LogP) is 4.10. The number of benzene rings is 3. The van der Waals surface area contributed by atoms with Gasteiger partial charge in [0.05, 0.1) is 11.8 Å². The monoisotopic (exact) mass is 537 g/mol. The van der Waals surface area contributed by atoms with E-state index in [2.05, 4.69) is 28.2 Å². The number of phenolic OH excluding ortho intramolecular Hbond substituents is 1. The average molecular weight is 538 g/mol. The van der Waals surface area contributed by atoms with Crippen molar-refractivity contribution in [3.05, 3.63) is 66.2 Å². The van der Waals surface area contributed by atoms with Crippen molar-refractivity contribution in [1.29, 1.82) is 0 Å². The summed E-state index contributed by atoms with van der Waals surface area (Å²) in [6.45, 7) is 1.18. The molecule has 0 aliphatic rings. The number of rotatable bonds is 10. The molecule has 3 aromatic carbocycles. The van der Waals surface area contributed by atoms with Crippen LogP contribution in [0.15, 0.2) is 60.7 Å². The van der Waals surface area contributed by atoms with Crippen molar-refractivity contribution < 1.29 is 23.4 Å². The Labute approximate surface area is 214 Å². The molecule has 1 aromatic heterocycles. The molecule has 8 nitrogen and oxygen atoms in total. The van der Waals surface area contributed by atoms with Crippen molar-refractivity contribution in [1.82, 2.24) is 9.62 Å². The molecule has 1 heterocycles. The fraction of sp³-hybridized carbons (Fsp3) is 0.250. The normalized spacial score (nSPS) is 12.6. The molecular weight excluding hydrogens is 510 g/mol. The number of aliphatic hydroxyl groups is 1. The van der Waals surface area contributed by atoms with E-state index in [9.17, 15) is 18.6 Å². The number of nitrogens with one attached hydrogen (secondary N) is 2. The molecule has 0 amide bonds. The van der Waals surface area contributed by atoms with Crippen molar-refractivity contribution in [3.63, 3.8) is 0 Å². The third kappa shape index (κ3) is 6.35. The van der Waals surface area contributed by atoms with Crippen molar-refractivity contribution in [2.75, 3.05) is 38.5 Å². The highest BCUT2D eigenvalue weighted by molar-refractivity contribution is 7.90. The number of fused-ring (bicyclic) bond motifs is 3. The molecule has 4 N–H and O–H groups in total. The number of hydrogen-bond donors (Lipinski definition) is 4. The van der Waals surface area contributed by atoms with Crippen molar-refractivity contribution >= 4 is 59.8 Å². The minimum absolute atomic E-state index is 0. The van der Waals surface area contributed by atoms with Crippen LogP contribution in [0.4, 0.5) is 5.69 Å². The van der Waals surface area contributed by atoms with Crippen LogP contribution in [0.1, 0.15) is 11.7 Å². The van der Waals surface area contributed by atoms with Gasteiger partial charge < -0.3 is 20.3 Å². The Morgan fingerprint density at radius 2 is 1.77 bits per heavy atom. The number of aliphatic hydroxyl groups excluding tert-OH is 1. The van der Waals surface area contributed by atoms with Gasteiger partial charge in [-0.2, -0.15) is 12.7 Å². The van der Waals surface area contributed by atoms with Gasteiger partial charge in [0.2, 0.25) is 0 Å². The van der Waals surface area contributed by atoms with Crippen LogP contribution in [-0.2, 0) is 10.2 Å². The van der Waals surface area contributed by atoms with Gasteiger partial charge in [-0.25, -0.2) is 0 Å². The first-order valence-electron chi connectivity index (χ1n) is 10.7. The number of thiophene rings is 1. The largest absolute Gasteiger partial charge is 0.506 e. The second-order valence-electron chi connectivity index (χ2n) is 7.99. The average Bonchev–Trinajstić information content (AvgIpc) is 3.17. The molecule has 0 spiro atoms. The van der Waals surface area contributed by atoms with Gasteiger partial charge >= 0.3 is 10.2 Å². The first-order chi connectivity index (χ1) is 16.2. The van der Waals surface area contributed by atoms with E-state index >= 15 is 0 Å². The number of aromatic hydroxyl groups is 1. The van der Waals surface area contributed by atoms with Crippen LogP contribution in [0.25, 0.3) is 20.2 Å². The number of anilines is 1. The summed E-state index contributed by atoms with van der Waals surface area (Å²) < 4.78 is 35.6. The maximum Gasteiger partial charge on any atom is 0.301 e. The third-order valence-corrected chi connectivity index (χ3v) is 7.93. The van der Waals surface area contributed by atoms with Crippen LogP contribution in [-0.4, -0.2) is 56.7 Å². The Morgan fingerprint density at radius 3 is 2.54 bits per heavy atom. The first-order valence-corrected chi connectivity index (χ1v) is 13.0. The van der Waals surface area contributed by atoms with E-state index in [1.54, 1.807) is 17.4 Å². The standard InChI is InChI=1S/C24H27N3O5S2.ClH/c1-27(2)34(30,31)26-20-13-16(7-10-21(20)28)22(29)15-25-11-12-32-17-8-9-19-18-5-3-4-6-23(18)33-24(19)14-17;/h3-10,13-14,22,25-26,28-29H,11-12,15H2,1-2H3;1H. The third-order valence-electron chi connectivity index (χ3n) is 5.36. The number of phenols is 1. The van der Waals surface area contributed by atoms with Crippen LogP contribution in [0.3, 0.4) is 0 Å². The number of nitrogens with zero attached hydrogens (tertiary/aromatic N) is 1. The summed E-state index contributed by atoms with van der Waals surface area (Å²) in [5.74, 6) is 0.566. The summed E-state index contributed by atoms with van der Waals surface area (Å²) in [7, 11) is -1.02. The summed E-state index contributed by atoms with van der Waals surface area (Å²) in [5.41, 5.74) is 0.475. The molecule has 0 saturated heterocycles. The fourth-order valence-electron chi connectivity index (χ4n) is 3.47. The Bertz CT molecular complexity index is 1410. The zero-order valence-corrected chi connectivity index (χ0v) is 21.7. The van der Waals surface area contributed by atoms with Crippen molar-refractivity contribution in [2.45, 2.75) is 6.10 Å². The zero-order valence-electron chi connectivity index (χ0n) is 19.3. The molecule has 0 fully saturated rings. The number of hydrogen-bond acceptors (Lipinski definition) is 7. The summed E-state index contributed by atoms with van der Waals surface area (Å²) in [6.07, 6.45) is -0.891. The second-order valence-corrected chi connectivity index (χ2v) is 11.0. The molecule has 0 aliphatic carbocycles. The smallest absolute Gasteiger partial charge is 0.301 e. The molecule has 1 unspecified atom stereocenters. The van der Waals surface area contributed by atoms with Crippen LogP contribution in [0.5, 0.6) is 11.5 Å². The van der Waals surface area contributed by atoms with Crippen LogP contribution in [0.2, 0.25) is 0 Å². The molecular formula is C24H28ClN3O5S2. The minimum Gasteiger partial charge on any atom is -0.506 e. The van der Waals surface area contributed by atoms with Crippen LogP contribution < -0.4 is 14.8 Å². The predicted molar refractivity (Wildman–Crippen MR) is 144 cm³/mol. The van der Waals surface area contributed by atoms with Gasteiger partial charge in [-0.15, -0.1) is 23.7 Å². The first kappa shape index (κ1) is 27.0. The molecule has 0 bridgehead atoms. The fourth-order valence-corrected chi connectivity index (χ4v) is 5.23. The molecule has 4 aromatic rings. The number of halogens is 1. The molecule has 1 atom stereocenters. The van der Waals surface area contributed by atoms with Gasteiger partial charge in [-0.05, 0) is 42.0 Å². The zero-order chi connectivity index (χ0) is 24.3. The van der Waals surface area contributed by atoms with E-state index < -0.39 is 16.3 Å². The van der Waals surface area contributed by atoms with Crippen molar-refractivity contribution in [2.24, 2.45) is 0 Å². The number of ether oxygens (including phenoxy) is 1. The van der Waals surface area contributed by atoms with Gasteiger partial charge in [0, 0.05) is 47.4 Å². The Morgan fingerprint density at radius 1 is 1.03 bits per heavy atom. The van der Waals surface area contributed by atoms with Gasteiger partial charge in [0.1, 0.15) is 18.1 Å². The lowest BCUT2D eigenvalue weighted by atomic mass is 10.1. The molecule has 11 heteroatoms. The molecule has 35 heavy (non-hydrogen) atoms. The Hall–Kier alpha value is -2.60. The van der Waals surface area contributed by atoms with Crippen LogP contribution in [0, 0.1) is 0 Å². The molecule has 4 rings (SSSR count). The van der Waals surface area contributed by atoms with E-state index in [0.717, 1.165) is 10.1 Å². The molecule has 188 valence electrons. The van der Waals surface area contributed by atoms with Gasteiger partial charge in [0.25, 0.3) is 0 Å². The summed E-state index contributed by atoms with van der Waals surface area (Å²) in [4.78, 5) is 0. The second kappa shape index (κ2) is 11.4. The van der Waals surface area contributed by atoms with E-state index in [1.807, 2.05) is 24.3 Å². The quantitative estimate of drug-likeness (QED) is 0.179. The lowest BCUT2D eigenvalue weighted by Crippen LogP contribution is -2.29. The minimum atomic E-state index is -3.78. The highest BCUT2D eigenvalue weighted by atomic mass is 35.5. The Balaban J connectivity index is 0.00000342. The molecule has 0 aliphatic heterocycles. The summed E-state index contributed by atoms with van der Waals surface area (Å²) in [5, 5.41) is 26.0. The van der Waals surface area contributed by atoms with Gasteiger partial charge in [-0.3, -0.25) is 4.72 Å². The molecule has 0 saturated carbocycles. The van der Waals surface area contributed by atoms with Crippen LogP contribution >= 0.6 is 23.7 Å². The maximum absolute atomic E-state index is 12.0. The SMILES string of the molecule is CN(C)S(=O)(=O)Nc1cc(C(O)CNCCOc2ccc3c(c2)sc2ccccc23)ccc1O.Cl. The lowest BCUT2D eigenvalue weighted by Gasteiger charge is -2.17. The van der Waals surface area contributed by atoms with Gasteiger partial charge in [0.15, 0.2) is 0 Å². The van der Waals surface area contributed by atoms with E-state index in [4.69, 9.17) is 4.74 Å². The topological polar surface area (TPSA) is 111 Å². The summed E-state index contributed by atoms with van der Waals surface area (Å²) >= 11 is 1.74. The van der Waals surface area contributed by atoms with Gasteiger partial charge in [-0.1, -0.05) is 24.3 Å². The highest BCUT2D eigenvalue weighted by Gasteiger charge is 2.17.